The SMILES string of the molecule is C#CCCC.CCC#N. The lowest BCUT2D eigenvalue weighted by Gasteiger charge is -1.69. The molecule has 0 radical (unpaired) electrons. The van der Waals surface area contributed by atoms with Crippen molar-refractivity contribution >= 4 is 0 Å². The molecule has 0 heterocycles. The summed E-state index contributed by atoms with van der Waals surface area (Å²) in [6.07, 6.45) is 7.54. The largest absolute Gasteiger partial charge is 0.198 e. The van der Waals surface area contributed by atoms with Crippen LogP contribution < -0.4 is 0 Å². The van der Waals surface area contributed by atoms with Crippen LogP contribution in [0.5, 0.6) is 0 Å². The molecule has 0 aliphatic rings. The van der Waals surface area contributed by atoms with Crippen molar-refractivity contribution in [2.24, 2.45) is 0 Å². The van der Waals surface area contributed by atoms with Gasteiger partial charge in [0.25, 0.3) is 0 Å². The topological polar surface area (TPSA) is 23.8 Å². The normalized spacial score (nSPS) is 5.78. The number of rotatable bonds is 1. The van der Waals surface area contributed by atoms with Gasteiger partial charge in [-0.05, 0) is 6.42 Å². The molecule has 0 atom stereocenters. The average Bonchev–Trinajstić information content (AvgIpc) is 1.91. The summed E-state index contributed by atoms with van der Waals surface area (Å²) in [5.41, 5.74) is 0. The zero-order valence-corrected chi connectivity index (χ0v) is 6.15. The summed E-state index contributed by atoms with van der Waals surface area (Å²) in [5.74, 6) is 2.52. The monoisotopic (exact) mass is 123 g/mol. The molecule has 0 aliphatic heterocycles. The zero-order valence-electron chi connectivity index (χ0n) is 6.15. The maximum Gasteiger partial charge on any atom is 0.0618 e. The van der Waals surface area contributed by atoms with Crippen molar-refractivity contribution < 1.29 is 0 Å². The van der Waals surface area contributed by atoms with Gasteiger partial charge in [0.15, 0.2) is 0 Å². The van der Waals surface area contributed by atoms with Crippen molar-refractivity contribution in [1.82, 2.24) is 0 Å². The Bertz CT molecular complexity index is 103. The van der Waals surface area contributed by atoms with Crippen LogP contribution in [-0.2, 0) is 0 Å². The Hall–Kier alpha value is -0.950. The molecule has 9 heavy (non-hydrogen) atoms. The molecule has 0 unspecified atom stereocenters. The number of hydrogen-bond acceptors (Lipinski definition) is 1. The molecule has 0 rings (SSSR count). The molecule has 50 valence electrons. The van der Waals surface area contributed by atoms with E-state index in [0.29, 0.717) is 6.42 Å². The fraction of sp³-hybridized carbons (Fsp3) is 0.625. The van der Waals surface area contributed by atoms with Gasteiger partial charge < -0.3 is 0 Å². The van der Waals surface area contributed by atoms with Crippen LogP contribution >= 0.6 is 0 Å². The predicted molar refractivity (Wildman–Crippen MR) is 39.6 cm³/mol. The molecule has 0 aromatic heterocycles. The molecule has 0 fully saturated rings. The second kappa shape index (κ2) is 15.7. The smallest absolute Gasteiger partial charge is 0.0618 e. The summed E-state index contributed by atoms with van der Waals surface area (Å²) in [6, 6.07) is 1.93. The van der Waals surface area contributed by atoms with Gasteiger partial charge in [0.05, 0.1) is 6.07 Å². The highest BCUT2D eigenvalue weighted by Crippen LogP contribution is 1.77. The van der Waals surface area contributed by atoms with Crippen LogP contribution in [-0.4, -0.2) is 0 Å². The fourth-order valence-corrected chi connectivity index (χ4v) is 0.144. The van der Waals surface area contributed by atoms with E-state index in [1.165, 1.54) is 0 Å². The van der Waals surface area contributed by atoms with Gasteiger partial charge in [0.1, 0.15) is 0 Å². The first-order chi connectivity index (χ1) is 4.33. The van der Waals surface area contributed by atoms with E-state index >= 15 is 0 Å². The average molecular weight is 123 g/mol. The second-order valence-electron chi connectivity index (χ2n) is 1.47. The lowest BCUT2D eigenvalue weighted by atomic mass is 10.4. The Morgan fingerprint density at radius 1 is 1.44 bits per heavy atom. The molecule has 0 bridgehead atoms. The van der Waals surface area contributed by atoms with Gasteiger partial charge in [-0.3, -0.25) is 0 Å². The molecule has 0 aliphatic carbocycles. The van der Waals surface area contributed by atoms with Crippen LogP contribution in [0.25, 0.3) is 0 Å². The molecule has 0 amide bonds. The molecule has 0 spiro atoms. The highest BCUT2D eigenvalue weighted by Gasteiger charge is 1.61. The molecule has 0 saturated heterocycles. The summed E-state index contributed by atoms with van der Waals surface area (Å²) in [7, 11) is 0. The molecule has 0 saturated carbocycles. The maximum absolute atomic E-state index is 7.62. The minimum absolute atomic E-state index is 0.625. The minimum Gasteiger partial charge on any atom is -0.198 e. The predicted octanol–water partition coefficient (Wildman–Crippen LogP) is 2.34. The third-order valence-electron chi connectivity index (χ3n) is 0.552. The Morgan fingerprint density at radius 3 is 1.89 bits per heavy atom. The first-order valence-electron chi connectivity index (χ1n) is 3.13. The van der Waals surface area contributed by atoms with Crippen LogP contribution in [0.2, 0.25) is 0 Å². The van der Waals surface area contributed by atoms with Crippen LogP contribution in [0.15, 0.2) is 0 Å². The Balaban J connectivity index is 0. The van der Waals surface area contributed by atoms with E-state index in [4.69, 9.17) is 11.7 Å². The summed E-state index contributed by atoms with van der Waals surface area (Å²) in [5, 5.41) is 7.62. The first kappa shape index (κ1) is 10.9. The number of hydrogen-bond donors (Lipinski definition) is 0. The van der Waals surface area contributed by atoms with E-state index in [9.17, 15) is 0 Å². The zero-order chi connectivity index (χ0) is 7.54. The van der Waals surface area contributed by atoms with E-state index in [1.54, 1.807) is 0 Å². The quantitative estimate of drug-likeness (QED) is 0.491. The van der Waals surface area contributed by atoms with E-state index in [0.717, 1.165) is 12.8 Å². The van der Waals surface area contributed by atoms with Gasteiger partial charge in [0, 0.05) is 12.8 Å². The third kappa shape index (κ3) is 42.8. The molecule has 1 nitrogen and oxygen atoms in total. The van der Waals surface area contributed by atoms with Crippen molar-refractivity contribution in [3.63, 3.8) is 0 Å². The summed E-state index contributed by atoms with van der Waals surface area (Å²) in [4.78, 5) is 0. The van der Waals surface area contributed by atoms with Crippen molar-refractivity contribution in [2.45, 2.75) is 33.1 Å². The highest BCUT2D eigenvalue weighted by atomic mass is 14.2. The number of unbranched alkanes of at least 4 members (excludes halogenated alkanes) is 1. The molecule has 0 N–H and O–H groups in total. The second-order valence-corrected chi connectivity index (χ2v) is 1.47. The van der Waals surface area contributed by atoms with E-state index in [-0.39, 0.29) is 0 Å². The Kier molecular flexibility index (Phi) is 19.1. The van der Waals surface area contributed by atoms with Crippen LogP contribution in [0.3, 0.4) is 0 Å². The Labute approximate surface area is 57.7 Å². The molecular weight excluding hydrogens is 110 g/mol. The van der Waals surface area contributed by atoms with Crippen molar-refractivity contribution in [1.29, 1.82) is 5.26 Å². The Morgan fingerprint density at radius 2 is 1.89 bits per heavy atom. The molecular formula is C8H13N. The van der Waals surface area contributed by atoms with E-state index in [1.807, 2.05) is 13.0 Å². The molecule has 1 heteroatoms. The minimum atomic E-state index is 0.625. The lowest BCUT2D eigenvalue weighted by molar-refractivity contribution is 0.984. The van der Waals surface area contributed by atoms with Gasteiger partial charge in [0.2, 0.25) is 0 Å². The first-order valence-corrected chi connectivity index (χ1v) is 3.13. The van der Waals surface area contributed by atoms with Gasteiger partial charge in [-0.25, -0.2) is 0 Å². The number of terminal acetylenes is 1. The van der Waals surface area contributed by atoms with Crippen LogP contribution in [0, 0.1) is 23.7 Å². The molecule has 0 aromatic rings. The van der Waals surface area contributed by atoms with Gasteiger partial charge >= 0.3 is 0 Å². The summed E-state index contributed by atoms with van der Waals surface area (Å²) in [6.45, 7) is 3.89. The van der Waals surface area contributed by atoms with Crippen molar-refractivity contribution in [3.8, 4) is 18.4 Å². The maximum atomic E-state index is 7.62. The van der Waals surface area contributed by atoms with Crippen molar-refractivity contribution in [2.75, 3.05) is 0 Å². The van der Waals surface area contributed by atoms with Gasteiger partial charge in [-0.2, -0.15) is 5.26 Å². The van der Waals surface area contributed by atoms with Crippen LogP contribution in [0.4, 0.5) is 0 Å². The molecule has 0 aromatic carbocycles. The van der Waals surface area contributed by atoms with Gasteiger partial charge in [-0.1, -0.05) is 13.8 Å². The standard InChI is InChI=1S/C5H8.C3H5N/c1-3-5-4-2;1-2-3-4/h1H,4-5H2,2H3;2H2,1H3. The van der Waals surface area contributed by atoms with Gasteiger partial charge in [-0.15, -0.1) is 12.3 Å². The fourth-order valence-electron chi connectivity index (χ4n) is 0.144. The summed E-state index contributed by atoms with van der Waals surface area (Å²) >= 11 is 0. The highest BCUT2D eigenvalue weighted by molar-refractivity contribution is 4.81. The van der Waals surface area contributed by atoms with Crippen molar-refractivity contribution in [3.05, 3.63) is 0 Å². The van der Waals surface area contributed by atoms with Crippen LogP contribution in [0.1, 0.15) is 33.1 Å². The van der Waals surface area contributed by atoms with E-state index < -0.39 is 0 Å². The third-order valence-corrected chi connectivity index (χ3v) is 0.552. The summed E-state index contributed by atoms with van der Waals surface area (Å²) < 4.78 is 0. The number of nitriles is 1. The van der Waals surface area contributed by atoms with E-state index in [2.05, 4.69) is 12.8 Å². The lowest BCUT2D eigenvalue weighted by Crippen LogP contribution is -1.53. The number of nitrogens with zero attached hydrogens (tertiary/aromatic N) is 1.